The Hall–Kier alpha value is -2.90. The van der Waals surface area contributed by atoms with E-state index < -0.39 is 17.8 Å². The molecule has 1 aromatic heterocycles. The lowest BCUT2D eigenvalue weighted by Gasteiger charge is -2.12. The minimum atomic E-state index is -0.657. The van der Waals surface area contributed by atoms with Crippen LogP contribution in [0.1, 0.15) is 50.5 Å². The van der Waals surface area contributed by atoms with Gasteiger partial charge in [0.2, 0.25) is 0 Å². The number of ether oxygens (including phenoxy) is 1. The smallest absolute Gasteiger partial charge is 0.339 e. The van der Waals surface area contributed by atoms with E-state index in [-0.39, 0.29) is 24.7 Å². The number of carbonyl (C=O) groups excluding carboxylic acids is 3. The van der Waals surface area contributed by atoms with Gasteiger partial charge in [-0.2, -0.15) is 5.26 Å². The molecule has 1 aromatic carbocycles. The van der Waals surface area contributed by atoms with Crippen molar-refractivity contribution < 1.29 is 19.1 Å². The van der Waals surface area contributed by atoms with Crippen molar-refractivity contribution in [2.75, 3.05) is 12.0 Å². The molecule has 7 heteroatoms. The van der Waals surface area contributed by atoms with Crippen LogP contribution in [0.2, 0.25) is 0 Å². The molecule has 1 atom stereocenters. The first-order valence-electron chi connectivity index (χ1n) is 7.27. The molecule has 6 nitrogen and oxygen atoms in total. The van der Waals surface area contributed by atoms with E-state index in [2.05, 4.69) is 4.74 Å². The number of rotatable bonds is 2. The number of fused-ring (bicyclic) bond motifs is 1. The number of imide groups is 1. The van der Waals surface area contributed by atoms with Gasteiger partial charge >= 0.3 is 5.97 Å². The lowest BCUT2D eigenvalue weighted by atomic mass is 10.1. The first kappa shape index (κ1) is 17.5. The molecule has 0 aliphatic carbocycles. The number of hydrogen-bond donors (Lipinski definition) is 0. The van der Waals surface area contributed by atoms with E-state index >= 15 is 0 Å². The number of amides is 2. The number of nitrogens with zero attached hydrogens (tertiary/aromatic N) is 2. The predicted molar refractivity (Wildman–Crippen MR) is 90.9 cm³/mol. The Morgan fingerprint density at radius 1 is 1.17 bits per heavy atom. The maximum atomic E-state index is 12.4. The maximum absolute atomic E-state index is 12.4. The molecule has 0 spiro atoms. The number of benzene rings is 1. The molecule has 0 N–H and O–H groups in total. The van der Waals surface area contributed by atoms with Gasteiger partial charge in [0.05, 0.1) is 34.8 Å². The molecule has 0 bridgehead atoms. The van der Waals surface area contributed by atoms with Gasteiger partial charge in [-0.1, -0.05) is 26.0 Å². The Bertz CT molecular complexity index is 829. The third-order valence-corrected chi connectivity index (χ3v) is 4.57. The summed E-state index contributed by atoms with van der Waals surface area (Å²) in [4.78, 5) is 37.5. The SMILES string of the molecule is CC.COC(=O)c1c[pH]c(N2C(=O)c3ccccc3C2=O)c1C#N. The lowest BCUT2D eigenvalue weighted by molar-refractivity contribution is 0.0600. The quantitative estimate of drug-likeness (QED) is 0.618. The molecule has 0 radical (unpaired) electrons. The van der Waals surface area contributed by atoms with E-state index in [0.29, 0.717) is 11.1 Å². The Kier molecular flexibility index (Phi) is 5.18. The van der Waals surface area contributed by atoms with Crippen molar-refractivity contribution in [2.24, 2.45) is 0 Å². The second-order valence-corrected chi connectivity index (χ2v) is 5.57. The molecule has 122 valence electrons. The Morgan fingerprint density at radius 2 is 1.71 bits per heavy atom. The summed E-state index contributed by atoms with van der Waals surface area (Å²) in [6.45, 7) is 4.00. The molecular weight excluding hydrogens is 327 g/mol. The van der Waals surface area contributed by atoms with E-state index in [1.807, 2.05) is 19.9 Å². The molecule has 0 saturated heterocycles. The number of methoxy groups -OCH3 is 1. The van der Waals surface area contributed by atoms with Crippen molar-refractivity contribution in [3.8, 4) is 6.07 Å². The van der Waals surface area contributed by atoms with Gasteiger partial charge in [0.15, 0.2) is 0 Å². The Labute approximate surface area is 140 Å². The van der Waals surface area contributed by atoms with Crippen LogP contribution in [0.25, 0.3) is 0 Å². The zero-order chi connectivity index (χ0) is 17.9. The minimum Gasteiger partial charge on any atom is -0.465 e. The fourth-order valence-corrected chi connectivity index (χ4v) is 3.58. The minimum absolute atomic E-state index is 0.0136. The Morgan fingerprint density at radius 3 is 2.17 bits per heavy atom. The van der Waals surface area contributed by atoms with Crippen LogP contribution in [0.5, 0.6) is 0 Å². The van der Waals surface area contributed by atoms with Crippen molar-refractivity contribution in [1.29, 1.82) is 5.26 Å². The second kappa shape index (κ2) is 7.12. The summed E-state index contributed by atoms with van der Waals surface area (Å²) < 4.78 is 4.62. The molecule has 3 rings (SSSR count). The average Bonchev–Trinajstić information content (AvgIpc) is 3.15. The van der Waals surface area contributed by atoms with E-state index in [4.69, 9.17) is 0 Å². The van der Waals surface area contributed by atoms with E-state index in [9.17, 15) is 19.6 Å². The van der Waals surface area contributed by atoms with Gasteiger partial charge in [-0.15, -0.1) is 8.19 Å². The molecular formula is C17H15N2O4P. The normalized spacial score (nSPS) is 12.5. The summed E-state index contributed by atoms with van der Waals surface area (Å²) in [5, 5.41) is 9.30. The van der Waals surface area contributed by atoms with Crippen LogP contribution in [0, 0.1) is 11.3 Å². The summed E-state index contributed by atoms with van der Waals surface area (Å²) in [6.07, 6.45) is 0. The van der Waals surface area contributed by atoms with Crippen LogP contribution in [-0.2, 0) is 4.74 Å². The van der Waals surface area contributed by atoms with Crippen molar-refractivity contribution in [2.45, 2.75) is 13.8 Å². The van der Waals surface area contributed by atoms with Gasteiger partial charge in [0, 0.05) is 0 Å². The topological polar surface area (TPSA) is 87.5 Å². The highest BCUT2D eigenvalue weighted by molar-refractivity contribution is 7.34. The Balaban J connectivity index is 0.00000100. The van der Waals surface area contributed by atoms with Crippen molar-refractivity contribution >= 4 is 31.4 Å². The average molecular weight is 342 g/mol. The highest BCUT2D eigenvalue weighted by Gasteiger charge is 2.38. The molecule has 2 aromatic rings. The van der Waals surface area contributed by atoms with Crippen molar-refractivity contribution in [1.82, 2.24) is 0 Å². The zero-order valence-electron chi connectivity index (χ0n) is 13.4. The fourth-order valence-electron chi connectivity index (χ4n) is 2.37. The summed E-state index contributed by atoms with van der Waals surface area (Å²) in [7, 11) is 1.08. The molecule has 0 fully saturated rings. The van der Waals surface area contributed by atoms with Gasteiger partial charge in [-0.3, -0.25) is 9.59 Å². The summed E-state index contributed by atoms with van der Waals surface area (Å²) in [5.74, 6) is -0.0927. The first-order valence-corrected chi connectivity index (χ1v) is 8.35. The molecule has 1 aliphatic heterocycles. The van der Waals surface area contributed by atoms with E-state index in [0.717, 1.165) is 4.90 Å². The number of nitriles is 1. The van der Waals surface area contributed by atoms with Gasteiger partial charge in [0.1, 0.15) is 6.07 Å². The molecule has 0 saturated carbocycles. The van der Waals surface area contributed by atoms with E-state index in [1.165, 1.54) is 12.9 Å². The van der Waals surface area contributed by atoms with Crippen LogP contribution < -0.4 is 4.90 Å². The monoisotopic (exact) mass is 342 g/mol. The van der Waals surface area contributed by atoms with Crippen LogP contribution in [-0.4, -0.2) is 24.9 Å². The van der Waals surface area contributed by atoms with Crippen molar-refractivity contribution in [3.63, 3.8) is 0 Å². The molecule has 1 aliphatic rings. The van der Waals surface area contributed by atoms with Crippen LogP contribution in [0.15, 0.2) is 30.1 Å². The fraction of sp³-hybridized carbons (Fsp3) is 0.176. The summed E-state index contributed by atoms with van der Waals surface area (Å²) in [6, 6.07) is 8.36. The molecule has 1 unspecified atom stereocenters. The number of hydrogen-bond acceptors (Lipinski definition) is 5. The number of anilines is 1. The van der Waals surface area contributed by atoms with Gasteiger partial charge in [0.25, 0.3) is 11.8 Å². The standard InChI is InChI=1S/C15H9N2O4P.C2H6/c1-21-15(20)11-7-22-14(10(11)6-16)17-12(18)8-4-2-3-5-9(8)13(17)19;1-2/h2-5,7,22H,1H3;1-2H3. The predicted octanol–water partition coefficient (Wildman–Crippen LogP) is 3.20. The van der Waals surface area contributed by atoms with Gasteiger partial charge < -0.3 is 4.74 Å². The number of carbonyl (C=O) groups is 3. The highest BCUT2D eigenvalue weighted by Crippen LogP contribution is 2.39. The maximum Gasteiger partial charge on any atom is 0.339 e. The largest absolute Gasteiger partial charge is 0.465 e. The van der Waals surface area contributed by atoms with Crippen molar-refractivity contribution in [3.05, 3.63) is 52.3 Å². The molecule has 24 heavy (non-hydrogen) atoms. The molecule has 2 heterocycles. The molecule has 2 amide bonds. The van der Waals surface area contributed by atoms with Gasteiger partial charge in [-0.05, 0) is 17.9 Å². The van der Waals surface area contributed by atoms with Crippen LogP contribution >= 0.6 is 8.19 Å². The lowest BCUT2D eigenvalue weighted by Crippen LogP contribution is -2.29. The summed E-state index contributed by atoms with van der Waals surface area (Å²) >= 11 is 0. The van der Waals surface area contributed by atoms with Crippen LogP contribution in [0.4, 0.5) is 5.42 Å². The second-order valence-electron chi connectivity index (χ2n) is 4.52. The first-order chi connectivity index (χ1) is 11.6. The number of esters is 1. The third kappa shape index (κ3) is 2.60. The third-order valence-electron chi connectivity index (χ3n) is 3.39. The van der Waals surface area contributed by atoms with Crippen LogP contribution in [0.3, 0.4) is 0 Å². The van der Waals surface area contributed by atoms with E-state index in [1.54, 1.807) is 24.3 Å². The summed E-state index contributed by atoms with van der Waals surface area (Å²) in [5.41, 5.74) is 0.950. The highest BCUT2D eigenvalue weighted by atomic mass is 31.0. The van der Waals surface area contributed by atoms with Gasteiger partial charge in [-0.25, -0.2) is 9.69 Å². The zero-order valence-corrected chi connectivity index (χ0v) is 14.4.